The van der Waals surface area contributed by atoms with E-state index in [0.717, 1.165) is 5.56 Å². The van der Waals surface area contributed by atoms with E-state index < -0.39 is 9.59 Å². The summed E-state index contributed by atoms with van der Waals surface area (Å²) in [6, 6.07) is 7.12. The van der Waals surface area contributed by atoms with Crippen molar-refractivity contribution in [2.75, 3.05) is 0 Å². The molecule has 0 aromatic heterocycles. The summed E-state index contributed by atoms with van der Waals surface area (Å²) in [6.07, 6.45) is -1.21. The molecule has 4 heteroatoms. The fraction of sp³-hybridized carbons (Fsp3) is 0.333. The second-order valence-electron chi connectivity index (χ2n) is 2.80. The topological polar surface area (TPSA) is 20.2 Å². The number of hydrogen-bond acceptors (Lipinski definition) is 1. The summed E-state index contributed by atoms with van der Waals surface area (Å²) in [5.41, 5.74) is 1.43. The first-order chi connectivity index (χ1) is 5.93. The van der Waals surface area contributed by atoms with Crippen molar-refractivity contribution in [1.82, 2.24) is 0 Å². The van der Waals surface area contributed by atoms with Crippen molar-refractivity contribution in [2.45, 2.75) is 16.5 Å². The molecule has 0 bridgehead atoms. The molecule has 13 heavy (non-hydrogen) atoms. The minimum absolute atomic E-state index is 0.568. The van der Waals surface area contributed by atoms with E-state index in [0.29, 0.717) is 5.56 Å². The highest BCUT2D eigenvalue weighted by molar-refractivity contribution is 9.25. The van der Waals surface area contributed by atoms with Crippen LogP contribution in [0.4, 0.5) is 4.39 Å². The fourth-order valence-electron chi connectivity index (χ4n) is 1.07. The van der Waals surface area contributed by atoms with Gasteiger partial charge < -0.3 is 5.11 Å². The molecule has 0 saturated carbocycles. The largest absolute Gasteiger partial charge is 0.383 e. The van der Waals surface area contributed by atoms with Crippen LogP contribution in [0.3, 0.4) is 0 Å². The van der Waals surface area contributed by atoms with Gasteiger partial charge in [0.1, 0.15) is 6.10 Å². The molecular formula is C9H9Br2FO. The highest BCUT2D eigenvalue weighted by Gasteiger charge is 2.33. The summed E-state index contributed by atoms with van der Waals surface area (Å²) in [4.78, 5) is 0. The first-order valence-corrected chi connectivity index (χ1v) is 5.32. The number of benzene rings is 1. The Hall–Kier alpha value is 0.0700. The molecule has 0 saturated heterocycles. The van der Waals surface area contributed by atoms with Gasteiger partial charge in [0.05, 0.1) is 0 Å². The molecule has 1 aromatic carbocycles. The van der Waals surface area contributed by atoms with Gasteiger partial charge in [0.15, 0.2) is 0 Å². The van der Waals surface area contributed by atoms with E-state index in [4.69, 9.17) is 0 Å². The third-order valence-electron chi connectivity index (χ3n) is 1.79. The van der Waals surface area contributed by atoms with Crippen molar-refractivity contribution >= 4 is 31.9 Å². The molecule has 0 aliphatic carbocycles. The third kappa shape index (κ3) is 2.76. The summed E-state index contributed by atoms with van der Waals surface area (Å²) in [6.45, 7) is 1.82. The maximum atomic E-state index is 13.2. The molecule has 1 rings (SSSR count). The summed E-state index contributed by atoms with van der Waals surface area (Å²) in [5.74, 6) is 0. The Labute approximate surface area is 93.2 Å². The Kier molecular flexibility index (Phi) is 3.49. The van der Waals surface area contributed by atoms with Crippen molar-refractivity contribution in [3.8, 4) is 0 Å². The van der Waals surface area contributed by atoms with Gasteiger partial charge in [-0.3, -0.25) is 0 Å². The third-order valence-corrected chi connectivity index (χ3v) is 2.66. The Morgan fingerprint density at radius 2 is 1.92 bits per heavy atom. The number of alkyl halides is 3. The lowest BCUT2D eigenvalue weighted by Gasteiger charge is -2.20. The summed E-state index contributed by atoms with van der Waals surface area (Å²) in [5, 5.41) is 9.57. The Balaban J connectivity index is 3.02. The molecular weight excluding hydrogens is 303 g/mol. The average Bonchev–Trinajstić information content (AvgIpc) is 2.02. The van der Waals surface area contributed by atoms with Crippen LogP contribution in [0.2, 0.25) is 0 Å². The molecule has 0 aliphatic heterocycles. The summed E-state index contributed by atoms with van der Waals surface area (Å²) >= 11 is 5.43. The zero-order chi connectivity index (χ0) is 10.1. The molecule has 1 unspecified atom stereocenters. The molecule has 0 radical (unpaired) electrons. The van der Waals surface area contributed by atoms with Gasteiger partial charge in [-0.1, -0.05) is 24.3 Å². The minimum Gasteiger partial charge on any atom is -0.383 e. The van der Waals surface area contributed by atoms with Crippen LogP contribution in [0, 0.1) is 6.92 Å². The molecule has 0 fully saturated rings. The quantitative estimate of drug-likeness (QED) is 0.830. The van der Waals surface area contributed by atoms with E-state index in [1.165, 1.54) is 0 Å². The van der Waals surface area contributed by atoms with Gasteiger partial charge in [0, 0.05) is 0 Å². The molecule has 72 valence electrons. The van der Waals surface area contributed by atoms with Crippen LogP contribution in [0.1, 0.15) is 17.2 Å². The van der Waals surface area contributed by atoms with Gasteiger partial charge in [-0.25, -0.2) is 4.39 Å². The zero-order valence-corrected chi connectivity index (χ0v) is 10.1. The van der Waals surface area contributed by atoms with Gasteiger partial charge in [-0.15, -0.1) is 0 Å². The minimum atomic E-state index is -1.97. The fourth-order valence-corrected chi connectivity index (χ4v) is 1.56. The van der Waals surface area contributed by atoms with E-state index >= 15 is 0 Å². The SMILES string of the molecule is Cc1ccccc1C(O)C(F)(Br)Br. The monoisotopic (exact) mass is 310 g/mol. The van der Waals surface area contributed by atoms with Crippen LogP contribution in [-0.2, 0) is 0 Å². The number of aryl methyl sites for hydroxylation is 1. The lowest BCUT2D eigenvalue weighted by Crippen LogP contribution is -2.17. The van der Waals surface area contributed by atoms with Crippen LogP contribution >= 0.6 is 31.9 Å². The zero-order valence-electron chi connectivity index (χ0n) is 6.97. The van der Waals surface area contributed by atoms with E-state index in [9.17, 15) is 9.50 Å². The summed E-state index contributed by atoms with van der Waals surface area (Å²) < 4.78 is 11.3. The Morgan fingerprint density at radius 3 is 2.38 bits per heavy atom. The first-order valence-electron chi connectivity index (χ1n) is 3.73. The Bertz CT molecular complexity index is 296. The summed E-state index contributed by atoms with van der Waals surface area (Å²) in [7, 11) is 0. The lowest BCUT2D eigenvalue weighted by atomic mass is 10.0. The predicted octanol–water partition coefficient (Wildman–Crippen LogP) is 3.44. The predicted molar refractivity (Wildman–Crippen MR) is 57.8 cm³/mol. The molecule has 1 nitrogen and oxygen atoms in total. The van der Waals surface area contributed by atoms with Crippen molar-refractivity contribution in [1.29, 1.82) is 0 Å². The van der Waals surface area contributed by atoms with Crippen molar-refractivity contribution in [2.24, 2.45) is 0 Å². The van der Waals surface area contributed by atoms with E-state index in [1.54, 1.807) is 12.1 Å². The van der Waals surface area contributed by atoms with Crippen molar-refractivity contribution < 1.29 is 9.50 Å². The molecule has 1 atom stereocenters. The van der Waals surface area contributed by atoms with E-state index in [1.807, 2.05) is 19.1 Å². The van der Waals surface area contributed by atoms with Crippen LogP contribution in [0.15, 0.2) is 24.3 Å². The number of aliphatic hydroxyl groups is 1. The second kappa shape index (κ2) is 4.07. The molecule has 0 spiro atoms. The maximum Gasteiger partial charge on any atom is 0.248 e. The smallest absolute Gasteiger partial charge is 0.248 e. The Morgan fingerprint density at radius 1 is 1.38 bits per heavy atom. The molecule has 0 amide bonds. The van der Waals surface area contributed by atoms with Gasteiger partial charge in [0.2, 0.25) is 3.49 Å². The standard InChI is InChI=1S/C9H9Br2FO/c1-6-4-2-3-5-7(6)8(13)9(10,11)12/h2-5,8,13H,1H3. The number of rotatable bonds is 2. The van der Waals surface area contributed by atoms with Crippen molar-refractivity contribution in [3.63, 3.8) is 0 Å². The average molecular weight is 312 g/mol. The normalized spacial score (nSPS) is 14.2. The molecule has 0 heterocycles. The van der Waals surface area contributed by atoms with Crippen LogP contribution in [-0.4, -0.2) is 8.59 Å². The van der Waals surface area contributed by atoms with E-state index in [-0.39, 0.29) is 0 Å². The van der Waals surface area contributed by atoms with Crippen LogP contribution in [0.25, 0.3) is 0 Å². The highest BCUT2D eigenvalue weighted by atomic mass is 79.9. The maximum absolute atomic E-state index is 13.2. The lowest BCUT2D eigenvalue weighted by molar-refractivity contribution is 0.113. The number of hydrogen-bond donors (Lipinski definition) is 1. The van der Waals surface area contributed by atoms with Crippen LogP contribution < -0.4 is 0 Å². The van der Waals surface area contributed by atoms with Gasteiger partial charge in [0.25, 0.3) is 0 Å². The van der Waals surface area contributed by atoms with E-state index in [2.05, 4.69) is 31.9 Å². The van der Waals surface area contributed by atoms with Gasteiger partial charge in [-0.05, 0) is 49.9 Å². The first kappa shape index (κ1) is 11.1. The molecule has 0 aliphatic rings. The molecule has 1 aromatic rings. The number of aliphatic hydroxyl groups excluding tert-OH is 1. The van der Waals surface area contributed by atoms with Crippen LogP contribution in [0.5, 0.6) is 0 Å². The van der Waals surface area contributed by atoms with Gasteiger partial charge in [-0.2, -0.15) is 0 Å². The molecule has 1 N–H and O–H groups in total. The van der Waals surface area contributed by atoms with Gasteiger partial charge >= 0.3 is 0 Å². The highest BCUT2D eigenvalue weighted by Crippen LogP contribution is 2.41. The number of halogens is 3. The second-order valence-corrected chi connectivity index (χ2v) is 6.17. The van der Waals surface area contributed by atoms with Crippen molar-refractivity contribution in [3.05, 3.63) is 35.4 Å².